The molecule has 1 atom stereocenters. The van der Waals surface area contributed by atoms with Gasteiger partial charge in [-0.1, -0.05) is 24.3 Å². The molecule has 0 spiro atoms. The Bertz CT molecular complexity index is 1180. The first-order chi connectivity index (χ1) is 14.9. The van der Waals surface area contributed by atoms with Gasteiger partial charge in [0.1, 0.15) is 12.4 Å². The van der Waals surface area contributed by atoms with Gasteiger partial charge < -0.3 is 14.9 Å². The Morgan fingerprint density at radius 2 is 1.84 bits per heavy atom. The number of para-hydroxylation sites is 4. The highest BCUT2D eigenvalue weighted by atomic mass is 32.2. The molecule has 2 aromatic carbocycles. The number of aromatic amines is 1. The SMILES string of the molecule is CSCCC(NC(=O)Cn1c(C(F)(F)F)nc2ccccc21)c1nc2ccccc2[nH]1. The number of aromatic nitrogens is 4. The summed E-state index contributed by atoms with van der Waals surface area (Å²) in [4.78, 5) is 24.3. The lowest BCUT2D eigenvalue weighted by Gasteiger charge is -2.18. The van der Waals surface area contributed by atoms with Crippen molar-refractivity contribution in [2.24, 2.45) is 0 Å². The molecule has 1 amide bonds. The Hall–Kier alpha value is -3.01. The Balaban J connectivity index is 1.61. The third kappa shape index (κ3) is 4.53. The van der Waals surface area contributed by atoms with Gasteiger partial charge in [-0.2, -0.15) is 24.9 Å². The number of carbonyl (C=O) groups excluding carboxylic acids is 1. The topological polar surface area (TPSA) is 75.6 Å². The van der Waals surface area contributed by atoms with Crippen molar-refractivity contribution in [3.63, 3.8) is 0 Å². The molecular weight excluding hydrogens is 427 g/mol. The van der Waals surface area contributed by atoms with Crippen molar-refractivity contribution in [2.45, 2.75) is 25.2 Å². The molecule has 4 aromatic rings. The summed E-state index contributed by atoms with van der Waals surface area (Å²) in [7, 11) is 0. The van der Waals surface area contributed by atoms with Gasteiger partial charge in [0.2, 0.25) is 11.7 Å². The van der Waals surface area contributed by atoms with E-state index in [-0.39, 0.29) is 11.0 Å². The number of nitrogens with zero attached hydrogens (tertiary/aromatic N) is 3. The second-order valence-electron chi connectivity index (χ2n) is 7.05. The van der Waals surface area contributed by atoms with E-state index in [1.54, 1.807) is 23.9 Å². The van der Waals surface area contributed by atoms with E-state index in [1.807, 2.05) is 30.5 Å². The molecule has 0 radical (unpaired) electrons. The molecule has 6 nitrogen and oxygen atoms in total. The standard InChI is InChI=1S/C21H20F3N5OS/c1-31-11-10-16(19-26-13-6-2-3-7-14(13)27-19)25-18(30)12-29-17-9-5-4-8-15(17)28-20(29)21(22,23)24/h2-9,16H,10-12H2,1H3,(H,25,30)(H,26,27). The van der Waals surface area contributed by atoms with Crippen LogP contribution in [0.5, 0.6) is 0 Å². The van der Waals surface area contributed by atoms with Crippen LogP contribution >= 0.6 is 11.8 Å². The second-order valence-corrected chi connectivity index (χ2v) is 8.03. The molecule has 162 valence electrons. The lowest BCUT2D eigenvalue weighted by atomic mass is 10.2. The van der Waals surface area contributed by atoms with Crippen molar-refractivity contribution in [1.82, 2.24) is 24.8 Å². The fourth-order valence-corrected chi connectivity index (χ4v) is 3.96. The zero-order chi connectivity index (χ0) is 22.0. The van der Waals surface area contributed by atoms with Gasteiger partial charge in [0, 0.05) is 0 Å². The van der Waals surface area contributed by atoms with Crippen LogP contribution in [0.3, 0.4) is 0 Å². The van der Waals surface area contributed by atoms with Crippen LogP contribution in [-0.4, -0.2) is 37.4 Å². The number of thioether (sulfide) groups is 1. The molecule has 0 aliphatic rings. The minimum atomic E-state index is -4.67. The summed E-state index contributed by atoms with van der Waals surface area (Å²) in [6, 6.07) is 13.3. The predicted octanol–water partition coefficient (Wildman–Crippen LogP) is 4.54. The molecule has 0 bridgehead atoms. The number of amides is 1. The number of H-pyrrole nitrogens is 1. The summed E-state index contributed by atoms with van der Waals surface area (Å²) >= 11 is 1.61. The molecule has 0 saturated carbocycles. The highest BCUT2D eigenvalue weighted by molar-refractivity contribution is 7.98. The van der Waals surface area contributed by atoms with Crippen LogP contribution in [0.1, 0.15) is 24.1 Å². The summed E-state index contributed by atoms with van der Waals surface area (Å²) in [5.41, 5.74) is 2.05. The van der Waals surface area contributed by atoms with Gasteiger partial charge in [-0.15, -0.1) is 0 Å². The molecule has 1 unspecified atom stereocenters. The number of hydrogen-bond acceptors (Lipinski definition) is 4. The average molecular weight is 447 g/mol. The van der Waals surface area contributed by atoms with E-state index < -0.39 is 30.5 Å². The van der Waals surface area contributed by atoms with Gasteiger partial charge in [-0.05, 0) is 42.7 Å². The summed E-state index contributed by atoms with van der Waals surface area (Å²) in [5, 5.41) is 2.85. The maximum absolute atomic E-state index is 13.5. The fourth-order valence-electron chi connectivity index (χ4n) is 3.49. The van der Waals surface area contributed by atoms with E-state index in [4.69, 9.17) is 0 Å². The normalized spacial score (nSPS) is 13.0. The van der Waals surface area contributed by atoms with Crippen LogP contribution < -0.4 is 5.32 Å². The number of rotatable bonds is 7. The van der Waals surface area contributed by atoms with E-state index >= 15 is 0 Å². The number of fused-ring (bicyclic) bond motifs is 2. The number of carbonyl (C=O) groups is 1. The average Bonchev–Trinajstić information content (AvgIpc) is 3.33. The third-order valence-electron chi connectivity index (χ3n) is 4.89. The second kappa shape index (κ2) is 8.62. The first-order valence-electron chi connectivity index (χ1n) is 9.62. The Kier molecular flexibility index (Phi) is 5.90. The summed E-state index contributed by atoms with van der Waals surface area (Å²) < 4.78 is 41.5. The minimum absolute atomic E-state index is 0.193. The molecule has 0 aliphatic heterocycles. The number of alkyl halides is 3. The molecule has 2 heterocycles. The predicted molar refractivity (Wildman–Crippen MR) is 115 cm³/mol. The Morgan fingerprint density at radius 1 is 1.13 bits per heavy atom. The maximum atomic E-state index is 13.5. The van der Waals surface area contributed by atoms with Crippen LogP contribution in [0.15, 0.2) is 48.5 Å². The molecule has 10 heteroatoms. The number of benzene rings is 2. The molecule has 0 fully saturated rings. The summed E-state index contributed by atoms with van der Waals surface area (Å²) in [6.07, 6.45) is -2.13. The van der Waals surface area contributed by atoms with Gasteiger partial charge in [0.15, 0.2) is 0 Å². The lowest BCUT2D eigenvalue weighted by molar-refractivity contribution is -0.147. The monoisotopic (exact) mass is 447 g/mol. The van der Waals surface area contributed by atoms with Gasteiger partial charge >= 0.3 is 6.18 Å². The first-order valence-corrected chi connectivity index (χ1v) is 11.0. The number of imidazole rings is 2. The molecule has 0 saturated heterocycles. The zero-order valence-electron chi connectivity index (χ0n) is 16.6. The highest BCUT2D eigenvalue weighted by Gasteiger charge is 2.38. The molecular formula is C21H20F3N5OS. The molecule has 2 aromatic heterocycles. The van der Waals surface area contributed by atoms with Crippen molar-refractivity contribution in [1.29, 1.82) is 0 Å². The van der Waals surface area contributed by atoms with Crippen LogP contribution in [0.25, 0.3) is 22.1 Å². The molecule has 0 aliphatic carbocycles. The maximum Gasteiger partial charge on any atom is 0.449 e. The molecule has 31 heavy (non-hydrogen) atoms. The molecule has 2 N–H and O–H groups in total. The molecule has 4 rings (SSSR count). The van der Waals surface area contributed by atoms with Gasteiger partial charge in [-0.25, -0.2) is 9.97 Å². The number of halogens is 3. The smallest absolute Gasteiger partial charge is 0.345 e. The first kappa shape index (κ1) is 21.2. The van der Waals surface area contributed by atoms with Gasteiger partial charge in [0.25, 0.3) is 0 Å². The van der Waals surface area contributed by atoms with Crippen molar-refractivity contribution < 1.29 is 18.0 Å². The van der Waals surface area contributed by atoms with E-state index in [0.717, 1.165) is 21.4 Å². The van der Waals surface area contributed by atoms with Crippen LogP contribution in [0, 0.1) is 0 Å². The van der Waals surface area contributed by atoms with Gasteiger partial charge in [-0.3, -0.25) is 4.79 Å². The van der Waals surface area contributed by atoms with E-state index in [0.29, 0.717) is 12.2 Å². The van der Waals surface area contributed by atoms with Crippen molar-refractivity contribution >= 4 is 39.7 Å². The third-order valence-corrected chi connectivity index (χ3v) is 5.54. The lowest BCUT2D eigenvalue weighted by Crippen LogP contribution is -2.33. The van der Waals surface area contributed by atoms with E-state index in [1.165, 1.54) is 12.1 Å². The van der Waals surface area contributed by atoms with Crippen molar-refractivity contribution in [3.05, 3.63) is 60.2 Å². The van der Waals surface area contributed by atoms with Crippen LogP contribution in [0.4, 0.5) is 13.2 Å². The Morgan fingerprint density at radius 3 is 2.55 bits per heavy atom. The zero-order valence-corrected chi connectivity index (χ0v) is 17.4. The quantitative estimate of drug-likeness (QED) is 0.436. The van der Waals surface area contributed by atoms with Crippen LogP contribution in [0.2, 0.25) is 0 Å². The fraction of sp³-hybridized carbons (Fsp3) is 0.286. The van der Waals surface area contributed by atoms with E-state index in [9.17, 15) is 18.0 Å². The summed E-state index contributed by atoms with van der Waals surface area (Å²) in [5.74, 6) is -0.298. The minimum Gasteiger partial charge on any atom is -0.345 e. The number of hydrogen-bond donors (Lipinski definition) is 2. The Labute approximate surface area is 180 Å². The van der Waals surface area contributed by atoms with Crippen molar-refractivity contribution in [2.75, 3.05) is 12.0 Å². The van der Waals surface area contributed by atoms with E-state index in [2.05, 4.69) is 20.3 Å². The van der Waals surface area contributed by atoms with Gasteiger partial charge in [0.05, 0.1) is 28.1 Å². The number of nitrogens with one attached hydrogen (secondary N) is 2. The van der Waals surface area contributed by atoms with Crippen molar-refractivity contribution in [3.8, 4) is 0 Å². The van der Waals surface area contributed by atoms with Crippen LogP contribution in [-0.2, 0) is 17.5 Å². The largest absolute Gasteiger partial charge is 0.449 e. The summed E-state index contributed by atoms with van der Waals surface area (Å²) in [6.45, 7) is -0.495. The highest BCUT2D eigenvalue weighted by Crippen LogP contribution is 2.31.